The van der Waals surface area contributed by atoms with Crippen molar-refractivity contribution in [3.05, 3.63) is 23.2 Å². The normalized spacial score (nSPS) is 47.5. The maximum atomic E-state index is 11.3. The molecule has 0 saturated carbocycles. The molecule has 3 unspecified atom stereocenters. The first-order valence-electron chi connectivity index (χ1n) is 16.8. The summed E-state index contributed by atoms with van der Waals surface area (Å²) in [5, 5.41) is 11.3. The van der Waals surface area contributed by atoms with E-state index in [1.54, 1.807) is 0 Å². The van der Waals surface area contributed by atoms with Crippen molar-refractivity contribution in [1.82, 2.24) is 4.90 Å². The first-order chi connectivity index (χ1) is 18.9. The van der Waals surface area contributed by atoms with Crippen molar-refractivity contribution < 1.29 is 40.6 Å². The van der Waals surface area contributed by atoms with Crippen molar-refractivity contribution in [3.8, 4) is 11.5 Å². The molecule has 0 aromatic heterocycles. The van der Waals surface area contributed by atoms with E-state index in [2.05, 4.69) is 0 Å². The number of ether oxygens (including phenoxy) is 2. The van der Waals surface area contributed by atoms with Crippen LogP contribution in [0.3, 0.4) is 0 Å². The number of aliphatic hydroxyl groups is 1. The molecule has 3 atom stereocenters. The zero-order chi connectivity index (χ0) is 33.9. The average Bonchev–Trinajstić information content (AvgIpc) is 2.75. The lowest BCUT2D eigenvalue weighted by molar-refractivity contribution is -0.0259. The summed E-state index contributed by atoms with van der Waals surface area (Å²) < 4.78 is 167. The van der Waals surface area contributed by atoms with Gasteiger partial charge in [-0.25, -0.2) is 0 Å². The van der Waals surface area contributed by atoms with Gasteiger partial charge < -0.3 is 14.6 Å². The van der Waals surface area contributed by atoms with Gasteiger partial charge >= 0.3 is 0 Å². The van der Waals surface area contributed by atoms with Gasteiger partial charge in [0.05, 0.1) is 27.1 Å². The highest BCUT2D eigenvalue weighted by Gasteiger charge is 2.39. The first kappa shape index (κ1) is 5.62. The summed E-state index contributed by atoms with van der Waals surface area (Å²) in [6.45, 7) is -13.7. The molecular weight excluding hydrogens is 302 g/mol. The summed E-state index contributed by atoms with van der Waals surface area (Å²) in [4.78, 5) is 0.179. The molecule has 0 aliphatic carbocycles. The molecule has 1 aromatic rings. The van der Waals surface area contributed by atoms with Gasteiger partial charge in [-0.2, -0.15) is 0 Å². The van der Waals surface area contributed by atoms with Crippen LogP contribution in [0.4, 0.5) is 0 Å². The van der Waals surface area contributed by atoms with Crippen molar-refractivity contribution in [1.29, 1.82) is 0 Å². The lowest BCUT2D eigenvalue weighted by atomic mass is 9.75. The minimum absolute atomic E-state index is 0.179. The summed E-state index contributed by atoms with van der Waals surface area (Å²) in [5.74, 6) is -4.21. The highest BCUT2D eigenvalue weighted by atomic mass is 16.5. The summed E-state index contributed by atoms with van der Waals surface area (Å²) in [6.07, 6.45) is -10.2. The van der Waals surface area contributed by atoms with Crippen LogP contribution in [0.25, 0.3) is 0 Å². The van der Waals surface area contributed by atoms with Gasteiger partial charge in [0, 0.05) is 38.2 Å². The molecule has 1 fully saturated rings. The Bertz CT molecular complexity index is 1250. The number of piperidine rings is 1. The third-order valence-corrected chi connectivity index (χ3v) is 3.79. The van der Waals surface area contributed by atoms with Gasteiger partial charge in [-0.3, -0.25) is 4.90 Å². The lowest BCUT2D eigenvalue weighted by Crippen LogP contribution is -2.48. The molecule has 1 aromatic carbocycles. The summed E-state index contributed by atoms with van der Waals surface area (Å²) in [6, 6.07) is -3.69. The van der Waals surface area contributed by atoms with E-state index in [4.69, 9.17) is 35.5 Å². The SMILES string of the molecule is [2H]c1c(OC)c(OC([2H])([2H])[2H])c([2H])c2c1C1CC(O)C(C([2H])([2H])C(C)(C([2H])([2H])[2H])C([2H])([2H])[2H])C([2H])([2H])N1C([2H])([2H])C2([2H])[2H]. The molecule has 4 heteroatoms. The van der Waals surface area contributed by atoms with Gasteiger partial charge in [0.15, 0.2) is 11.5 Å². The van der Waals surface area contributed by atoms with Crippen molar-refractivity contribution in [2.24, 2.45) is 11.3 Å². The lowest BCUT2D eigenvalue weighted by Gasteiger charge is -2.47. The second-order valence-corrected chi connectivity index (χ2v) is 5.80. The number of aliphatic hydroxyl groups excluding tert-OH is 1. The Morgan fingerprint density at radius 3 is 2.96 bits per heavy atom. The van der Waals surface area contributed by atoms with Crippen molar-refractivity contribution in [2.45, 2.75) is 51.9 Å². The van der Waals surface area contributed by atoms with Gasteiger partial charge in [-0.1, -0.05) is 20.6 Å². The van der Waals surface area contributed by atoms with E-state index in [9.17, 15) is 5.11 Å². The molecule has 2 heterocycles. The largest absolute Gasteiger partial charge is 0.493 e. The third kappa shape index (κ3) is 3.40. The van der Waals surface area contributed by atoms with E-state index >= 15 is 0 Å². The zero-order valence-corrected chi connectivity index (χ0v) is 13.2. The van der Waals surface area contributed by atoms with Crippen molar-refractivity contribution in [3.63, 3.8) is 0 Å². The standard InChI is InChI=1S/C20H31NO3/c1-20(2,3)11-14-12-21-7-6-13-8-18(23-4)19(24-5)9-15(13)16(21)10-17(14)22/h8-9,14,16-17,22H,6-7,10-12H2,1-5H3/i1D3,2D3,4D3,6D2,7D2,8D,9D,11D2,12D2. The predicted molar refractivity (Wildman–Crippen MR) is 95.7 cm³/mol. The van der Waals surface area contributed by atoms with Crippen LogP contribution in [0.15, 0.2) is 12.1 Å². The van der Waals surface area contributed by atoms with E-state index in [0.717, 1.165) is 7.11 Å². The molecule has 0 spiro atoms. The summed E-state index contributed by atoms with van der Waals surface area (Å²) in [5.41, 5.74) is -4.81. The molecule has 2 aliphatic rings. The van der Waals surface area contributed by atoms with Crippen LogP contribution in [-0.2, 0) is 6.37 Å². The molecule has 134 valence electrons. The molecule has 4 nitrogen and oxygen atoms in total. The van der Waals surface area contributed by atoms with E-state index < -0.39 is 111 Å². The summed E-state index contributed by atoms with van der Waals surface area (Å²) in [7, 11) is -2.24. The molecule has 0 radical (unpaired) electrons. The van der Waals surface area contributed by atoms with E-state index in [1.165, 1.54) is 0 Å². The first-order valence-corrected chi connectivity index (χ1v) is 7.25. The minimum Gasteiger partial charge on any atom is -0.493 e. The van der Waals surface area contributed by atoms with E-state index in [1.807, 2.05) is 0 Å². The minimum atomic E-state index is -3.63. The number of methoxy groups -OCH3 is 2. The molecular formula is C20H31NO3. The summed E-state index contributed by atoms with van der Waals surface area (Å²) >= 11 is 0. The smallest absolute Gasteiger partial charge is 0.161 e. The molecule has 1 saturated heterocycles. The molecule has 0 bridgehead atoms. The fourth-order valence-electron chi connectivity index (χ4n) is 2.75. The molecule has 3 rings (SSSR count). The van der Waals surface area contributed by atoms with Gasteiger partial charge in [-0.15, -0.1) is 0 Å². The monoisotopic (exact) mass is 352 g/mol. The van der Waals surface area contributed by atoms with Crippen LogP contribution in [0.5, 0.6) is 11.5 Å². The Morgan fingerprint density at radius 1 is 1.46 bits per heavy atom. The third-order valence-electron chi connectivity index (χ3n) is 3.79. The highest BCUT2D eigenvalue weighted by Crippen LogP contribution is 2.44. The maximum Gasteiger partial charge on any atom is 0.161 e. The Labute approximate surface area is 172 Å². The molecule has 24 heavy (non-hydrogen) atoms. The Morgan fingerprint density at radius 2 is 2.25 bits per heavy atom. The number of hydrogen-bond donors (Lipinski definition) is 1. The van der Waals surface area contributed by atoms with Crippen LogP contribution in [0.2, 0.25) is 0 Å². The zero-order valence-electron chi connectivity index (χ0n) is 32.2. The topological polar surface area (TPSA) is 41.9 Å². The fourth-order valence-corrected chi connectivity index (χ4v) is 2.75. The van der Waals surface area contributed by atoms with Gasteiger partial charge in [0.25, 0.3) is 0 Å². The fraction of sp³-hybridized carbons (Fsp3) is 0.700. The number of rotatable bonds is 3. The Balaban J connectivity index is 2.42. The molecule has 1 N–H and O–H groups in total. The van der Waals surface area contributed by atoms with Gasteiger partial charge in [0.2, 0.25) is 0 Å². The van der Waals surface area contributed by atoms with Gasteiger partial charge in [0.1, 0.15) is 0 Å². The van der Waals surface area contributed by atoms with Crippen LogP contribution in [0, 0.1) is 11.3 Å². The quantitative estimate of drug-likeness (QED) is 0.905. The Kier molecular flexibility index (Phi) is 1.54. The predicted octanol–water partition coefficient (Wildman–Crippen LogP) is 3.42. The van der Waals surface area contributed by atoms with Crippen molar-refractivity contribution >= 4 is 0 Å². The number of benzene rings is 1. The van der Waals surface area contributed by atoms with Crippen LogP contribution < -0.4 is 9.47 Å². The van der Waals surface area contributed by atoms with Crippen molar-refractivity contribution in [2.75, 3.05) is 27.1 Å². The molecule has 0 amide bonds. The highest BCUT2D eigenvalue weighted by molar-refractivity contribution is 5.49. The average molecular weight is 353 g/mol. The van der Waals surface area contributed by atoms with Crippen LogP contribution >= 0.6 is 0 Å². The maximum absolute atomic E-state index is 11.3. The van der Waals surface area contributed by atoms with E-state index in [-0.39, 0.29) is 4.90 Å². The Hall–Kier alpha value is -1.26. The molecule has 2 aliphatic heterocycles. The number of nitrogens with zero attached hydrogens (tertiary/aromatic N) is 1. The van der Waals surface area contributed by atoms with Gasteiger partial charge in [-0.05, 0) is 53.7 Å². The number of hydrogen-bond acceptors (Lipinski definition) is 4. The second-order valence-electron chi connectivity index (χ2n) is 5.80. The number of fused-ring (bicyclic) bond motifs is 3. The van der Waals surface area contributed by atoms with Crippen LogP contribution in [0.1, 0.15) is 76.6 Å². The van der Waals surface area contributed by atoms with E-state index in [0.29, 0.717) is 6.92 Å². The van der Waals surface area contributed by atoms with Crippen LogP contribution in [-0.4, -0.2) is 43.3 Å². The second kappa shape index (κ2) is 6.57.